The Hall–Kier alpha value is -2.28. The maximum absolute atomic E-state index is 13.2. The van der Waals surface area contributed by atoms with Crippen LogP contribution in [0.2, 0.25) is 0 Å². The fourth-order valence-corrected chi connectivity index (χ4v) is 3.24. The molecule has 164 valence electrons. The zero-order valence-electron chi connectivity index (χ0n) is 16.9. The van der Waals surface area contributed by atoms with E-state index in [0.29, 0.717) is 32.7 Å². The summed E-state index contributed by atoms with van der Waals surface area (Å²) in [6.45, 7) is 6.83. The number of aromatic nitrogens is 2. The van der Waals surface area contributed by atoms with Crippen LogP contribution in [-0.2, 0) is 11.3 Å². The number of benzene rings is 1. The van der Waals surface area contributed by atoms with Crippen LogP contribution < -0.4 is 5.32 Å². The number of nitro groups is 1. The third kappa shape index (κ3) is 6.36. The zero-order chi connectivity index (χ0) is 20.8. The van der Waals surface area contributed by atoms with E-state index < -0.39 is 4.92 Å². The van der Waals surface area contributed by atoms with Gasteiger partial charge in [0.2, 0.25) is 0 Å². The molecular formula is C19H26FIN6O3. The number of morpholine rings is 1. The lowest BCUT2D eigenvalue weighted by Crippen LogP contribution is -2.50. The molecule has 1 saturated heterocycles. The van der Waals surface area contributed by atoms with Crippen LogP contribution in [0.25, 0.3) is 0 Å². The van der Waals surface area contributed by atoms with Gasteiger partial charge in [0, 0.05) is 13.1 Å². The molecule has 9 nitrogen and oxygen atoms in total. The predicted octanol–water partition coefficient (Wildman–Crippen LogP) is 2.98. The molecule has 1 aromatic heterocycles. The van der Waals surface area contributed by atoms with E-state index in [0.717, 1.165) is 11.5 Å². The smallest absolute Gasteiger partial charge is 0.306 e. The van der Waals surface area contributed by atoms with E-state index in [1.807, 2.05) is 13.8 Å². The second-order valence-electron chi connectivity index (χ2n) is 6.85. The number of aliphatic imine (C=N–C) groups is 1. The lowest BCUT2D eigenvalue weighted by molar-refractivity contribution is -0.385. The van der Waals surface area contributed by atoms with Crippen molar-refractivity contribution >= 4 is 35.6 Å². The number of halogens is 2. The Morgan fingerprint density at radius 2 is 2.13 bits per heavy atom. The molecule has 0 radical (unpaired) electrons. The molecule has 2 unspecified atom stereocenters. The molecule has 2 aromatic rings. The third-order valence-corrected chi connectivity index (χ3v) is 4.56. The van der Waals surface area contributed by atoms with Crippen molar-refractivity contribution in [2.24, 2.45) is 4.99 Å². The lowest BCUT2D eigenvalue weighted by Gasteiger charge is -2.38. The van der Waals surface area contributed by atoms with Crippen molar-refractivity contribution in [3.63, 3.8) is 0 Å². The van der Waals surface area contributed by atoms with E-state index >= 15 is 0 Å². The van der Waals surface area contributed by atoms with Gasteiger partial charge in [-0.15, -0.1) is 24.0 Å². The molecule has 0 spiro atoms. The van der Waals surface area contributed by atoms with Crippen molar-refractivity contribution in [1.82, 2.24) is 20.0 Å². The monoisotopic (exact) mass is 532 g/mol. The Morgan fingerprint density at radius 3 is 2.77 bits per heavy atom. The minimum Gasteiger partial charge on any atom is -0.367 e. The molecule has 1 aromatic carbocycles. The maximum Gasteiger partial charge on any atom is 0.306 e. The van der Waals surface area contributed by atoms with E-state index in [1.54, 1.807) is 12.1 Å². The second kappa shape index (κ2) is 11.2. The van der Waals surface area contributed by atoms with Crippen molar-refractivity contribution in [2.45, 2.75) is 32.6 Å². The molecule has 1 aliphatic heterocycles. The molecule has 30 heavy (non-hydrogen) atoms. The van der Waals surface area contributed by atoms with Gasteiger partial charge in [-0.1, -0.05) is 12.1 Å². The Bertz CT molecular complexity index is 860. The first-order valence-electron chi connectivity index (χ1n) is 9.57. The van der Waals surface area contributed by atoms with E-state index in [9.17, 15) is 14.5 Å². The van der Waals surface area contributed by atoms with Gasteiger partial charge in [-0.2, -0.15) is 5.10 Å². The van der Waals surface area contributed by atoms with Crippen LogP contribution in [0.4, 0.5) is 10.1 Å². The van der Waals surface area contributed by atoms with Gasteiger partial charge in [-0.3, -0.25) is 19.8 Å². The lowest BCUT2D eigenvalue weighted by atomic mass is 10.1. The molecule has 2 atom stereocenters. The first-order valence-corrected chi connectivity index (χ1v) is 9.57. The standard InChI is InChI=1S/C19H25FN6O3.HI/c1-3-21-19(22-8-9-25-12-17(10-23-25)26(27)28)24-11-14(2)29-18(13-24)15-4-6-16(20)7-5-15;/h4-7,10,12,14,18H,3,8-9,11,13H2,1-2H3,(H,21,22);1H. The van der Waals surface area contributed by atoms with Crippen molar-refractivity contribution in [3.8, 4) is 0 Å². The van der Waals surface area contributed by atoms with Crippen LogP contribution in [-0.4, -0.2) is 57.8 Å². The molecule has 0 bridgehead atoms. The summed E-state index contributed by atoms with van der Waals surface area (Å²) in [5.74, 6) is 0.472. The number of hydrogen-bond acceptors (Lipinski definition) is 5. The maximum atomic E-state index is 13.2. The number of nitrogens with zero attached hydrogens (tertiary/aromatic N) is 5. The Balaban J connectivity index is 0.00000320. The van der Waals surface area contributed by atoms with Gasteiger partial charge in [0.05, 0.1) is 30.7 Å². The number of ether oxygens (including phenoxy) is 1. The summed E-state index contributed by atoms with van der Waals surface area (Å²) >= 11 is 0. The summed E-state index contributed by atoms with van der Waals surface area (Å²) < 4.78 is 20.8. The Kier molecular flexibility index (Phi) is 8.96. The molecule has 11 heteroatoms. The number of hydrogen-bond donors (Lipinski definition) is 1. The first kappa shape index (κ1) is 24.0. The van der Waals surface area contributed by atoms with Gasteiger partial charge in [0.15, 0.2) is 5.96 Å². The highest BCUT2D eigenvalue weighted by molar-refractivity contribution is 14.0. The first-order chi connectivity index (χ1) is 14.0. The highest BCUT2D eigenvalue weighted by atomic mass is 127. The zero-order valence-corrected chi connectivity index (χ0v) is 19.2. The number of rotatable bonds is 6. The predicted molar refractivity (Wildman–Crippen MR) is 122 cm³/mol. The average Bonchev–Trinajstić information content (AvgIpc) is 3.17. The van der Waals surface area contributed by atoms with Crippen molar-refractivity contribution in [1.29, 1.82) is 0 Å². The molecule has 3 rings (SSSR count). The summed E-state index contributed by atoms with van der Waals surface area (Å²) in [6, 6.07) is 6.35. The molecule has 0 saturated carbocycles. The molecule has 0 aliphatic carbocycles. The summed E-state index contributed by atoms with van der Waals surface area (Å²) in [6.07, 6.45) is 2.42. The van der Waals surface area contributed by atoms with E-state index in [2.05, 4.69) is 20.3 Å². The SMILES string of the molecule is CCNC(=NCCn1cc([N+](=O)[O-])cn1)N1CC(C)OC(c2ccc(F)cc2)C1.I. The van der Waals surface area contributed by atoms with E-state index in [1.165, 1.54) is 29.2 Å². The summed E-state index contributed by atoms with van der Waals surface area (Å²) in [5, 5.41) is 18.0. The van der Waals surface area contributed by atoms with Crippen molar-refractivity contribution in [3.05, 3.63) is 58.2 Å². The fraction of sp³-hybridized carbons (Fsp3) is 0.474. The molecule has 0 amide bonds. The largest absolute Gasteiger partial charge is 0.367 e. The topological polar surface area (TPSA) is 97.8 Å². The van der Waals surface area contributed by atoms with Gasteiger partial charge < -0.3 is 15.0 Å². The van der Waals surface area contributed by atoms with Gasteiger partial charge in [0.25, 0.3) is 0 Å². The number of nitrogens with one attached hydrogen (secondary N) is 1. The second-order valence-corrected chi connectivity index (χ2v) is 6.85. The van der Waals surface area contributed by atoms with Gasteiger partial charge in [-0.05, 0) is 31.5 Å². The fourth-order valence-electron chi connectivity index (χ4n) is 3.24. The van der Waals surface area contributed by atoms with Gasteiger partial charge >= 0.3 is 5.69 Å². The summed E-state index contributed by atoms with van der Waals surface area (Å²) in [7, 11) is 0. The highest BCUT2D eigenvalue weighted by Gasteiger charge is 2.28. The molecule has 1 N–H and O–H groups in total. The minimum absolute atomic E-state index is 0. The van der Waals surface area contributed by atoms with Crippen LogP contribution in [0.15, 0.2) is 41.7 Å². The molecule has 1 aliphatic rings. The van der Waals surface area contributed by atoms with Crippen LogP contribution in [0.5, 0.6) is 0 Å². The average molecular weight is 532 g/mol. The van der Waals surface area contributed by atoms with Crippen molar-refractivity contribution in [2.75, 3.05) is 26.2 Å². The quantitative estimate of drug-likeness (QED) is 0.202. The van der Waals surface area contributed by atoms with Crippen LogP contribution >= 0.6 is 24.0 Å². The minimum atomic E-state index is -0.471. The molecule has 2 heterocycles. The van der Waals surface area contributed by atoms with E-state index in [-0.39, 0.29) is 47.7 Å². The Morgan fingerprint density at radius 1 is 1.40 bits per heavy atom. The van der Waals surface area contributed by atoms with Gasteiger partial charge in [0.1, 0.15) is 24.3 Å². The Labute approximate surface area is 191 Å². The third-order valence-electron chi connectivity index (χ3n) is 4.56. The van der Waals surface area contributed by atoms with Gasteiger partial charge in [-0.25, -0.2) is 4.39 Å². The molecular weight excluding hydrogens is 506 g/mol. The van der Waals surface area contributed by atoms with Crippen LogP contribution in [0.1, 0.15) is 25.5 Å². The summed E-state index contributed by atoms with van der Waals surface area (Å²) in [5.41, 5.74) is 0.882. The van der Waals surface area contributed by atoms with Crippen LogP contribution in [0.3, 0.4) is 0 Å². The highest BCUT2D eigenvalue weighted by Crippen LogP contribution is 2.25. The molecule has 1 fully saturated rings. The number of guanidine groups is 1. The van der Waals surface area contributed by atoms with E-state index in [4.69, 9.17) is 4.74 Å². The normalized spacial score (nSPS) is 19.3. The van der Waals surface area contributed by atoms with Crippen molar-refractivity contribution < 1.29 is 14.1 Å². The van der Waals surface area contributed by atoms with Crippen LogP contribution in [0, 0.1) is 15.9 Å². The summed E-state index contributed by atoms with van der Waals surface area (Å²) in [4.78, 5) is 17.1.